The summed E-state index contributed by atoms with van der Waals surface area (Å²) in [5.41, 5.74) is 4.03. The van der Waals surface area contributed by atoms with Gasteiger partial charge in [0.05, 0.1) is 22.2 Å². The van der Waals surface area contributed by atoms with Gasteiger partial charge in [0, 0.05) is 11.4 Å². The van der Waals surface area contributed by atoms with Crippen LogP contribution in [0, 0.1) is 20.8 Å². The molecule has 0 radical (unpaired) electrons. The van der Waals surface area contributed by atoms with E-state index in [9.17, 15) is 14.7 Å². The number of benzene rings is 1. The number of carboxylic acid groups (broad SMARTS) is 1. The number of pyridine rings is 1. The predicted molar refractivity (Wildman–Crippen MR) is 101 cm³/mol. The maximum absolute atomic E-state index is 13.0. The number of aromatic nitrogens is 2. The van der Waals surface area contributed by atoms with E-state index in [-0.39, 0.29) is 17.4 Å². The van der Waals surface area contributed by atoms with Crippen LogP contribution in [0.1, 0.15) is 63.0 Å². The topological polar surface area (TPSA) is 105 Å². The van der Waals surface area contributed by atoms with Crippen LogP contribution in [0.2, 0.25) is 0 Å². The van der Waals surface area contributed by atoms with E-state index in [1.165, 1.54) is 6.07 Å². The summed E-state index contributed by atoms with van der Waals surface area (Å²) in [5, 5.41) is 16.6. The molecule has 0 aliphatic carbocycles. The van der Waals surface area contributed by atoms with Crippen LogP contribution in [0.5, 0.6) is 0 Å². The zero-order valence-electron chi connectivity index (χ0n) is 15.9. The fraction of sp³-hybridized carbons (Fsp3) is 0.300. The lowest BCUT2D eigenvalue weighted by Gasteiger charge is -2.13. The van der Waals surface area contributed by atoms with E-state index in [1.54, 1.807) is 26.0 Å². The summed E-state index contributed by atoms with van der Waals surface area (Å²) in [5.74, 6) is -1.30. The molecule has 0 fully saturated rings. The van der Waals surface area contributed by atoms with E-state index in [4.69, 9.17) is 4.52 Å². The third-order valence-corrected chi connectivity index (χ3v) is 4.52. The molecule has 2 aromatic heterocycles. The molecule has 0 unspecified atom stereocenters. The fourth-order valence-corrected chi connectivity index (χ4v) is 3.00. The summed E-state index contributed by atoms with van der Waals surface area (Å²) in [6.45, 7) is 9.24. The molecule has 0 aliphatic heterocycles. The van der Waals surface area contributed by atoms with Gasteiger partial charge in [0.1, 0.15) is 0 Å². The highest BCUT2D eigenvalue weighted by molar-refractivity contribution is 6.12. The van der Waals surface area contributed by atoms with Crippen LogP contribution in [0.15, 0.2) is 22.7 Å². The lowest BCUT2D eigenvalue weighted by molar-refractivity contribution is 0.0695. The van der Waals surface area contributed by atoms with Crippen molar-refractivity contribution in [1.29, 1.82) is 0 Å². The smallest absolute Gasteiger partial charge is 0.336 e. The Morgan fingerprint density at radius 1 is 1.07 bits per heavy atom. The van der Waals surface area contributed by atoms with E-state index in [1.807, 2.05) is 20.8 Å². The number of hydrogen-bond donors (Lipinski definition) is 2. The Morgan fingerprint density at radius 2 is 1.78 bits per heavy atom. The molecule has 3 rings (SSSR count). The molecule has 0 aliphatic rings. The zero-order valence-corrected chi connectivity index (χ0v) is 15.9. The van der Waals surface area contributed by atoms with Crippen molar-refractivity contribution < 1.29 is 19.2 Å². The van der Waals surface area contributed by atoms with Gasteiger partial charge in [0.2, 0.25) is 0 Å². The van der Waals surface area contributed by atoms with E-state index >= 15 is 0 Å². The molecule has 2 N–H and O–H groups in total. The largest absolute Gasteiger partial charge is 0.478 e. The molecule has 0 spiro atoms. The number of anilines is 1. The molecule has 2 heterocycles. The van der Waals surface area contributed by atoms with Crippen LogP contribution >= 0.6 is 0 Å². The number of carbonyl (C=O) groups excluding carboxylic acids is 1. The Kier molecular flexibility index (Phi) is 4.70. The molecule has 140 valence electrons. The number of nitrogens with zero attached hydrogens (tertiary/aromatic N) is 2. The van der Waals surface area contributed by atoms with Crippen LogP contribution in [0.4, 0.5) is 5.69 Å². The molecular weight excluding hydrogens is 346 g/mol. The van der Waals surface area contributed by atoms with Crippen LogP contribution in [0.25, 0.3) is 11.1 Å². The van der Waals surface area contributed by atoms with Crippen LogP contribution < -0.4 is 5.32 Å². The average Bonchev–Trinajstić information content (AvgIpc) is 2.97. The van der Waals surface area contributed by atoms with Gasteiger partial charge in [-0.3, -0.25) is 4.79 Å². The minimum atomic E-state index is -1.04. The molecule has 0 atom stereocenters. The summed E-state index contributed by atoms with van der Waals surface area (Å²) < 4.78 is 5.25. The van der Waals surface area contributed by atoms with Crippen molar-refractivity contribution in [3.05, 3.63) is 51.8 Å². The Morgan fingerprint density at radius 3 is 2.41 bits per heavy atom. The van der Waals surface area contributed by atoms with Crippen molar-refractivity contribution >= 4 is 28.7 Å². The lowest BCUT2D eigenvalue weighted by Crippen LogP contribution is -2.15. The highest BCUT2D eigenvalue weighted by Crippen LogP contribution is 2.27. The van der Waals surface area contributed by atoms with Gasteiger partial charge in [-0.25, -0.2) is 9.78 Å². The highest BCUT2D eigenvalue weighted by Gasteiger charge is 2.21. The zero-order chi connectivity index (χ0) is 19.9. The van der Waals surface area contributed by atoms with Gasteiger partial charge in [-0.1, -0.05) is 25.1 Å². The number of fused-ring (bicyclic) bond motifs is 1. The van der Waals surface area contributed by atoms with Gasteiger partial charge in [-0.05, 0) is 49.9 Å². The first-order valence-electron chi connectivity index (χ1n) is 8.61. The first-order valence-corrected chi connectivity index (χ1v) is 8.61. The molecule has 7 heteroatoms. The molecular formula is C20H21N3O4. The predicted octanol–water partition coefficient (Wildman–Crippen LogP) is 4.22. The monoisotopic (exact) mass is 367 g/mol. The maximum Gasteiger partial charge on any atom is 0.336 e. The standard InChI is InChI=1S/C20H21N3O4/c1-9(2)15-8-14(17-12(5)23-27-19(17)22-15)18(24)21-16-7-13(20(25)26)10(3)6-11(16)4/h6-9H,1-5H3,(H,21,24)(H,25,26). The number of carboxylic acids is 1. The van der Waals surface area contributed by atoms with Gasteiger partial charge >= 0.3 is 5.97 Å². The van der Waals surface area contributed by atoms with Crippen molar-refractivity contribution in [2.24, 2.45) is 0 Å². The first-order chi connectivity index (χ1) is 12.7. The summed E-state index contributed by atoms with van der Waals surface area (Å²) >= 11 is 0. The molecule has 1 amide bonds. The van der Waals surface area contributed by atoms with Crippen molar-refractivity contribution in [2.75, 3.05) is 5.32 Å². The van der Waals surface area contributed by atoms with E-state index < -0.39 is 5.97 Å². The Bertz CT molecular complexity index is 1070. The van der Waals surface area contributed by atoms with Gasteiger partial charge < -0.3 is 14.9 Å². The molecule has 7 nitrogen and oxygen atoms in total. The van der Waals surface area contributed by atoms with Crippen LogP contribution in [-0.2, 0) is 0 Å². The quantitative estimate of drug-likeness (QED) is 0.715. The number of amides is 1. The Labute approximate surface area is 156 Å². The third kappa shape index (κ3) is 3.40. The Balaban J connectivity index is 2.08. The Hall–Kier alpha value is -3.22. The number of rotatable bonds is 4. The van der Waals surface area contributed by atoms with Gasteiger partial charge in [-0.15, -0.1) is 0 Å². The summed E-state index contributed by atoms with van der Waals surface area (Å²) in [7, 11) is 0. The van der Waals surface area contributed by atoms with Crippen molar-refractivity contribution in [3.8, 4) is 0 Å². The van der Waals surface area contributed by atoms with Gasteiger partial charge in [0.25, 0.3) is 11.6 Å². The third-order valence-electron chi connectivity index (χ3n) is 4.52. The minimum absolute atomic E-state index is 0.103. The summed E-state index contributed by atoms with van der Waals surface area (Å²) in [6.07, 6.45) is 0. The normalized spacial score (nSPS) is 11.2. The first kappa shape index (κ1) is 18.6. The van der Waals surface area contributed by atoms with Gasteiger partial charge in [-0.2, -0.15) is 0 Å². The molecule has 0 saturated carbocycles. The molecule has 0 bridgehead atoms. The van der Waals surface area contributed by atoms with E-state index in [0.29, 0.717) is 33.6 Å². The summed E-state index contributed by atoms with van der Waals surface area (Å²) in [4.78, 5) is 28.8. The number of carbonyl (C=O) groups is 2. The van der Waals surface area contributed by atoms with Gasteiger partial charge in [0.15, 0.2) is 0 Å². The molecule has 0 saturated heterocycles. The summed E-state index contributed by atoms with van der Waals surface area (Å²) in [6, 6.07) is 4.95. The second-order valence-corrected chi connectivity index (χ2v) is 6.94. The number of aryl methyl sites for hydroxylation is 3. The average molecular weight is 367 g/mol. The molecule has 1 aromatic carbocycles. The lowest BCUT2D eigenvalue weighted by atomic mass is 10.0. The highest BCUT2D eigenvalue weighted by atomic mass is 16.5. The fourth-order valence-electron chi connectivity index (χ4n) is 3.00. The van der Waals surface area contributed by atoms with E-state index in [0.717, 1.165) is 11.3 Å². The van der Waals surface area contributed by atoms with Crippen molar-refractivity contribution in [3.63, 3.8) is 0 Å². The maximum atomic E-state index is 13.0. The van der Waals surface area contributed by atoms with Crippen LogP contribution in [0.3, 0.4) is 0 Å². The van der Waals surface area contributed by atoms with Crippen LogP contribution in [-0.4, -0.2) is 27.1 Å². The SMILES string of the molecule is Cc1cc(C)c(C(=O)O)cc1NC(=O)c1cc(C(C)C)nc2onc(C)c12. The molecule has 27 heavy (non-hydrogen) atoms. The minimum Gasteiger partial charge on any atom is -0.478 e. The van der Waals surface area contributed by atoms with E-state index in [2.05, 4.69) is 15.5 Å². The number of nitrogens with one attached hydrogen (secondary N) is 1. The molecule has 3 aromatic rings. The second-order valence-electron chi connectivity index (χ2n) is 6.94. The second kappa shape index (κ2) is 6.83. The van der Waals surface area contributed by atoms with Crippen molar-refractivity contribution in [1.82, 2.24) is 10.1 Å². The number of aromatic carboxylic acids is 1. The van der Waals surface area contributed by atoms with Crippen molar-refractivity contribution in [2.45, 2.75) is 40.5 Å². The number of hydrogen-bond acceptors (Lipinski definition) is 5.